The maximum absolute atomic E-state index is 12.8. The van der Waals surface area contributed by atoms with Crippen molar-refractivity contribution in [2.75, 3.05) is 0 Å². The molecule has 0 bridgehead atoms. The number of fused-ring (bicyclic) bond motifs is 1. The van der Waals surface area contributed by atoms with Gasteiger partial charge in [-0.25, -0.2) is 0 Å². The van der Waals surface area contributed by atoms with Gasteiger partial charge in [-0.15, -0.1) is 0 Å². The lowest BCUT2D eigenvalue weighted by atomic mass is 9.97. The van der Waals surface area contributed by atoms with Gasteiger partial charge < -0.3 is 5.32 Å². The smallest absolute Gasteiger partial charge is 0.325 e. The summed E-state index contributed by atoms with van der Waals surface area (Å²) in [5.41, 5.74) is 0.838. The zero-order valence-electron chi connectivity index (χ0n) is 10.2. The van der Waals surface area contributed by atoms with Gasteiger partial charge in [-0.05, 0) is 18.2 Å². The van der Waals surface area contributed by atoms with Crippen molar-refractivity contribution in [3.05, 3.63) is 52.6 Å². The number of allylic oxidation sites excluding steroid dienone is 3. The number of benzene rings is 1. The molecule has 1 aliphatic heterocycles. The van der Waals surface area contributed by atoms with Gasteiger partial charge in [0.05, 0.1) is 11.5 Å². The number of carbonyl (C=O) groups excluding carboxylic acids is 1. The average molecular weight is 297 g/mol. The zero-order chi connectivity index (χ0) is 14.3. The minimum absolute atomic E-state index is 0.220. The molecule has 1 N–H and O–H groups in total. The Morgan fingerprint density at radius 1 is 1.25 bits per heavy atom. The summed E-state index contributed by atoms with van der Waals surface area (Å²) in [5, 5.41) is 2.61. The molecular weight excluding hydrogens is 287 g/mol. The summed E-state index contributed by atoms with van der Waals surface area (Å²) in [7, 11) is 0. The molecule has 1 aliphatic carbocycles. The lowest BCUT2D eigenvalue weighted by Gasteiger charge is -2.23. The van der Waals surface area contributed by atoms with Crippen molar-refractivity contribution in [2.45, 2.75) is 17.5 Å². The van der Waals surface area contributed by atoms with Crippen molar-refractivity contribution in [3.8, 4) is 0 Å². The van der Waals surface area contributed by atoms with Gasteiger partial charge in [0.1, 0.15) is 0 Å². The van der Waals surface area contributed by atoms with E-state index >= 15 is 0 Å². The minimum atomic E-state index is -4.29. The Kier molecular flexibility index (Phi) is 3.12. The Labute approximate surface area is 117 Å². The van der Waals surface area contributed by atoms with Crippen LogP contribution < -0.4 is 5.32 Å². The predicted octanol–water partition coefficient (Wildman–Crippen LogP) is 3.87. The van der Waals surface area contributed by atoms with E-state index in [1.807, 2.05) is 0 Å². The van der Waals surface area contributed by atoms with Crippen LogP contribution in [0.5, 0.6) is 0 Å². The fourth-order valence-electron chi connectivity index (χ4n) is 2.19. The molecule has 0 saturated carbocycles. The van der Waals surface area contributed by atoms with Crippen LogP contribution in [0.2, 0.25) is 0 Å². The molecule has 1 unspecified atom stereocenters. The fourth-order valence-corrected chi connectivity index (χ4v) is 3.25. The molecular formula is C14H10F3NOS. The van der Waals surface area contributed by atoms with E-state index in [-0.39, 0.29) is 12.3 Å². The molecule has 3 rings (SSSR count). The largest absolute Gasteiger partial charge is 0.395 e. The lowest BCUT2D eigenvalue weighted by molar-refractivity contribution is -0.161. The van der Waals surface area contributed by atoms with Gasteiger partial charge in [-0.1, -0.05) is 30.0 Å². The molecule has 2 nitrogen and oxygen atoms in total. The number of hydrogen-bond acceptors (Lipinski definition) is 2. The first-order valence-corrected chi connectivity index (χ1v) is 6.83. The number of alkyl halides is 3. The monoisotopic (exact) mass is 297 g/mol. The number of thioether (sulfide) groups is 1. The first-order chi connectivity index (χ1) is 9.45. The van der Waals surface area contributed by atoms with Gasteiger partial charge in [0.2, 0.25) is 0 Å². The summed E-state index contributed by atoms with van der Waals surface area (Å²) in [6, 6.07) is 6.99. The number of halogens is 3. The Balaban J connectivity index is 1.95. The second-order valence-electron chi connectivity index (χ2n) is 4.61. The highest BCUT2D eigenvalue weighted by molar-refractivity contribution is 8.03. The van der Waals surface area contributed by atoms with Gasteiger partial charge in [-0.3, -0.25) is 4.79 Å². The molecule has 2 aliphatic rings. The van der Waals surface area contributed by atoms with Crippen LogP contribution in [0.4, 0.5) is 13.2 Å². The van der Waals surface area contributed by atoms with Crippen LogP contribution in [-0.4, -0.2) is 12.1 Å². The maximum Gasteiger partial charge on any atom is 0.395 e. The minimum Gasteiger partial charge on any atom is -0.325 e. The molecule has 104 valence electrons. The highest BCUT2D eigenvalue weighted by Gasteiger charge is 2.40. The van der Waals surface area contributed by atoms with Gasteiger partial charge in [-0.2, -0.15) is 13.2 Å². The lowest BCUT2D eigenvalue weighted by Crippen LogP contribution is -2.29. The third kappa shape index (κ3) is 2.35. The molecule has 20 heavy (non-hydrogen) atoms. The highest BCUT2D eigenvalue weighted by atomic mass is 32.2. The van der Waals surface area contributed by atoms with Gasteiger partial charge in [0, 0.05) is 21.9 Å². The summed E-state index contributed by atoms with van der Waals surface area (Å²) >= 11 is 1.32. The van der Waals surface area contributed by atoms with Crippen LogP contribution >= 0.6 is 11.8 Å². The standard InChI is InChI=1S/C14H10F3NOS/c15-14(16,17)8-5-6-12-10(7-8)18-13(19)9-3-1-2-4-11(9)20-12/h1-6,8H,7H2,(H,18,19). The van der Waals surface area contributed by atoms with E-state index in [0.29, 0.717) is 16.2 Å². The van der Waals surface area contributed by atoms with Gasteiger partial charge in [0.25, 0.3) is 5.91 Å². The summed E-state index contributed by atoms with van der Waals surface area (Å²) in [5.74, 6) is -1.89. The van der Waals surface area contributed by atoms with Crippen LogP contribution in [-0.2, 0) is 0 Å². The van der Waals surface area contributed by atoms with Crippen LogP contribution in [0.1, 0.15) is 16.8 Å². The number of nitrogens with one attached hydrogen (secondary N) is 1. The van der Waals surface area contributed by atoms with E-state index in [1.54, 1.807) is 24.3 Å². The molecule has 1 aromatic rings. The van der Waals surface area contributed by atoms with Crippen LogP contribution in [0.3, 0.4) is 0 Å². The van der Waals surface area contributed by atoms with E-state index in [1.165, 1.54) is 17.8 Å². The Bertz CT molecular complexity index is 634. The number of rotatable bonds is 0. The molecule has 1 aromatic carbocycles. The molecule has 0 saturated heterocycles. The van der Waals surface area contributed by atoms with E-state index in [4.69, 9.17) is 0 Å². The second-order valence-corrected chi connectivity index (χ2v) is 5.69. The van der Waals surface area contributed by atoms with Crippen molar-refractivity contribution in [2.24, 2.45) is 5.92 Å². The SMILES string of the molecule is O=C1NC2=C(C=CC(C(F)(F)F)C2)Sc2ccccc21. The third-order valence-electron chi connectivity index (χ3n) is 3.24. The van der Waals surface area contributed by atoms with Crippen molar-refractivity contribution >= 4 is 17.7 Å². The molecule has 1 heterocycles. The molecule has 6 heteroatoms. The van der Waals surface area contributed by atoms with Crippen molar-refractivity contribution in [1.82, 2.24) is 5.32 Å². The van der Waals surface area contributed by atoms with Gasteiger partial charge >= 0.3 is 6.18 Å². The predicted molar refractivity (Wildman–Crippen MR) is 70.1 cm³/mol. The highest BCUT2D eigenvalue weighted by Crippen LogP contribution is 2.42. The zero-order valence-corrected chi connectivity index (χ0v) is 11.0. The quantitative estimate of drug-likeness (QED) is 0.787. The summed E-state index contributed by atoms with van der Waals surface area (Å²) in [6.07, 6.45) is -1.90. The Hall–Kier alpha value is -1.69. The van der Waals surface area contributed by atoms with E-state index in [0.717, 1.165) is 11.0 Å². The number of amides is 1. The van der Waals surface area contributed by atoms with Crippen molar-refractivity contribution in [3.63, 3.8) is 0 Å². The van der Waals surface area contributed by atoms with Crippen LogP contribution in [0, 0.1) is 5.92 Å². The summed E-state index contributed by atoms with van der Waals surface area (Å²) in [6.45, 7) is 0. The number of hydrogen-bond donors (Lipinski definition) is 1. The Morgan fingerprint density at radius 2 is 2.00 bits per heavy atom. The fraction of sp³-hybridized carbons (Fsp3) is 0.214. The van der Waals surface area contributed by atoms with Gasteiger partial charge in [0.15, 0.2) is 0 Å². The van der Waals surface area contributed by atoms with Crippen molar-refractivity contribution < 1.29 is 18.0 Å². The van der Waals surface area contributed by atoms with Crippen molar-refractivity contribution in [1.29, 1.82) is 0 Å². The molecule has 0 aromatic heterocycles. The third-order valence-corrected chi connectivity index (χ3v) is 4.42. The van der Waals surface area contributed by atoms with E-state index in [9.17, 15) is 18.0 Å². The van der Waals surface area contributed by atoms with E-state index < -0.39 is 12.1 Å². The van der Waals surface area contributed by atoms with E-state index in [2.05, 4.69) is 5.32 Å². The first kappa shape index (κ1) is 13.3. The molecule has 0 fully saturated rings. The topological polar surface area (TPSA) is 29.1 Å². The molecule has 1 amide bonds. The molecule has 0 spiro atoms. The Morgan fingerprint density at radius 3 is 2.75 bits per heavy atom. The maximum atomic E-state index is 12.8. The van der Waals surface area contributed by atoms with Crippen LogP contribution in [0.25, 0.3) is 0 Å². The number of carbonyl (C=O) groups is 1. The average Bonchev–Trinajstić information content (AvgIpc) is 2.53. The van der Waals surface area contributed by atoms with Crippen LogP contribution in [0.15, 0.2) is 51.9 Å². The summed E-state index contributed by atoms with van der Waals surface area (Å²) in [4.78, 5) is 13.5. The second kappa shape index (κ2) is 4.70. The first-order valence-electron chi connectivity index (χ1n) is 6.01. The molecule has 0 radical (unpaired) electrons. The molecule has 1 atom stereocenters. The normalized spacial score (nSPS) is 21.9. The summed E-state index contributed by atoms with van der Waals surface area (Å²) < 4.78 is 38.3.